The van der Waals surface area contributed by atoms with Crippen molar-refractivity contribution in [1.29, 1.82) is 0 Å². The molecule has 0 fully saturated rings. The summed E-state index contributed by atoms with van der Waals surface area (Å²) in [4.78, 5) is 3.12. The van der Waals surface area contributed by atoms with Crippen LogP contribution in [0.2, 0.25) is 0 Å². The highest BCUT2D eigenvalue weighted by Gasteiger charge is 2.10. The number of aromatic nitrogens is 1. The van der Waals surface area contributed by atoms with Gasteiger partial charge in [-0.1, -0.05) is 0 Å². The van der Waals surface area contributed by atoms with E-state index >= 15 is 0 Å². The van der Waals surface area contributed by atoms with Crippen molar-refractivity contribution in [2.45, 2.75) is 6.92 Å². The summed E-state index contributed by atoms with van der Waals surface area (Å²) in [5, 5.41) is 19.7. The quantitative estimate of drug-likeness (QED) is 0.515. The predicted octanol–water partition coefficient (Wildman–Crippen LogP) is 2.49. The zero-order valence-corrected chi connectivity index (χ0v) is 9.08. The van der Waals surface area contributed by atoms with Crippen molar-refractivity contribution in [2.75, 3.05) is 0 Å². The van der Waals surface area contributed by atoms with Crippen LogP contribution in [0.25, 0.3) is 10.9 Å². The maximum atomic E-state index is 9.44. The summed E-state index contributed by atoms with van der Waals surface area (Å²) in [5.74, 6) is -0.133. The number of halogens is 1. The highest BCUT2D eigenvalue weighted by atomic mass is 127. The van der Waals surface area contributed by atoms with Gasteiger partial charge < -0.3 is 15.2 Å². The third-order valence-corrected chi connectivity index (χ3v) is 3.00. The largest absolute Gasteiger partial charge is 0.504 e. The van der Waals surface area contributed by atoms with E-state index in [1.807, 2.05) is 35.6 Å². The fourth-order valence-corrected chi connectivity index (χ4v) is 2.08. The van der Waals surface area contributed by atoms with Gasteiger partial charge in [-0.15, -0.1) is 0 Å². The molecule has 0 aliphatic carbocycles. The summed E-state index contributed by atoms with van der Waals surface area (Å²) in [6, 6.07) is 3.48. The summed E-state index contributed by atoms with van der Waals surface area (Å²) in [6.07, 6.45) is 0. The molecule has 2 rings (SSSR count). The highest BCUT2D eigenvalue weighted by molar-refractivity contribution is 14.1. The predicted molar refractivity (Wildman–Crippen MR) is 59.1 cm³/mol. The van der Waals surface area contributed by atoms with Crippen molar-refractivity contribution in [3.63, 3.8) is 0 Å². The minimum absolute atomic E-state index is 0.0602. The number of rotatable bonds is 0. The molecule has 3 N–H and O–H groups in total. The van der Waals surface area contributed by atoms with Gasteiger partial charge in [0.05, 0.1) is 9.09 Å². The molecule has 0 saturated heterocycles. The first kappa shape index (κ1) is 8.68. The van der Waals surface area contributed by atoms with E-state index in [0.717, 1.165) is 16.6 Å². The van der Waals surface area contributed by atoms with Crippen LogP contribution in [-0.4, -0.2) is 15.2 Å². The first-order chi connectivity index (χ1) is 6.09. The molecular weight excluding hydrogens is 281 g/mol. The van der Waals surface area contributed by atoms with Gasteiger partial charge in [-0.25, -0.2) is 0 Å². The van der Waals surface area contributed by atoms with E-state index in [-0.39, 0.29) is 11.5 Å². The van der Waals surface area contributed by atoms with Gasteiger partial charge in [0, 0.05) is 11.1 Å². The molecule has 4 heteroatoms. The molecule has 0 unspecified atom stereocenters. The van der Waals surface area contributed by atoms with Crippen LogP contribution in [0.5, 0.6) is 11.5 Å². The van der Waals surface area contributed by atoms with Gasteiger partial charge in [0.25, 0.3) is 0 Å². The molecule has 0 atom stereocenters. The standard InChI is InChI=1S/C9H8INO2/c1-4-2-5-3-6(12)9(13)7(10)8(5)11-4/h2-3,11-13H,1H3. The summed E-state index contributed by atoms with van der Waals surface area (Å²) in [6.45, 7) is 1.93. The number of aryl methyl sites for hydroxylation is 1. The second-order valence-corrected chi connectivity index (χ2v) is 4.05. The first-order valence-electron chi connectivity index (χ1n) is 3.79. The number of fused-ring (bicyclic) bond motifs is 1. The van der Waals surface area contributed by atoms with Crippen molar-refractivity contribution in [1.82, 2.24) is 4.98 Å². The average Bonchev–Trinajstić information content (AvgIpc) is 2.42. The Hall–Kier alpha value is -0.910. The van der Waals surface area contributed by atoms with Gasteiger partial charge in [-0.2, -0.15) is 0 Å². The van der Waals surface area contributed by atoms with E-state index in [4.69, 9.17) is 0 Å². The van der Waals surface area contributed by atoms with Gasteiger partial charge in [0.2, 0.25) is 0 Å². The molecule has 0 aliphatic heterocycles. The van der Waals surface area contributed by atoms with Crippen LogP contribution >= 0.6 is 22.6 Å². The molecule has 1 aromatic carbocycles. The zero-order valence-electron chi connectivity index (χ0n) is 6.93. The van der Waals surface area contributed by atoms with Crippen LogP contribution in [0.4, 0.5) is 0 Å². The molecule has 0 amide bonds. The number of hydrogen-bond acceptors (Lipinski definition) is 2. The fourth-order valence-electron chi connectivity index (χ4n) is 1.35. The normalized spacial score (nSPS) is 10.9. The average molecular weight is 289 g/mol. The van der Waals surface area contributed by atoms with E-state index in [2.05, 4.69) is 4.98 Å². The van der Waals surface area contributed by atoms with Crippen LogP contribution < -0.4 is 0 Å². The molecular formula is C9H8INO2. The Morgan fingerprint density at radius 3 is 2.69 bits per heavy atom. The Morgan fingerprint density at radius 2 is 2.00 bits per heavy atom. The number of aromatic amines is 1. The second-order valence-electron chi connectivity index (χ2n) is 2.97. The lowest BCUT2D eigenvalue weighted by Crippen LogP contribution is -1.78. The third kappa shape index (κ3) is 1.25. The molecule has 13 heavy (non-hydrogen) atoms. The Bertz CT molecular complexity index is 476. The number of nitrogens with one attached hydrogen (secondary N) is 1. The van der Waals surface area contributed by atoms with Gasteiger partial charge in [0.15, 0.2) is 11.5 Å². The lowest BCUT2D eigenvalue weighted by Gasteiger charge is -2.01. The van der Waals surface area contributed by atoms with Crippen LogP contribution in [0.15, 0.2) is 12.1 Å². The maximum absolute atomic E-state index is 9.44. The van der Waals surface area contributed by atoms with Crippen LogP contribution in [-0.2, 0) is 0 Å². The SMILES string of the molecule is Cc1cc2cc(O)c(O)c(I)c2[nH]1. The third-order valence-electron chi connectivity index (χ3n) is 1.95. The molecule has 0 radical (unpaired) electrons. The molecule has 2 aromatic rings. The second kappa shape index (κ2) is 2.80. The zero-order chi connectivity index (χ0) is 9.59. The molecule has 1 heterocycles. The molecule has 1 aromatic heterocycles. The van der Waals surface area contributed by atoms with E-state index < -0.39 is 0 Å². The molecule has 0 bridgehead atoms. The van der Waals surface area contributed by atoms with E-state index in [1.54, 1.807) is 6.07 Å². The lowest BCUT2D eigenvalue weighted by atomic mass is 10.2. The number of phenolic OH excluding ortho intramolecular Hbond substituents is 2. The van der Waals surface area contributed by atoms with Crippen molar-refractivity contribution >= 4 is 33.5 Å². The van der Waals surface area contributed by atoms with Crippen molar-refractivity contribution < 1.29 is 10.2 Å². The molecule has 0 spiro atoms. The molecule has 68 valence electrons. The maximum Gasteiger partial charge on any atom is 0.173 e. The molecule has 0 aliphatic rings. The summed E-state index contributed by atoms with van der Waals surface area (Å²) in [5.41, 5.74) is 1.88. The minimum Gasteiger partial charge on any atom is -0.504 e. The Labute approximate surface area is 88.5 Å². The van der Waals surface area contributed by atoms with E-state index in [9.17, 15) is 10.2 Å². The molecule has 0 saturated carbocycles. The number of aromatic hydroxyl groups is 2. The number of hydrogen-bond donors (Lipinski definition) is 3. The van der Waals surface area contributed by atoms with Crippen molar-refractivity contribution in [2.24, 2.45) is 0 Å². The number of benzene rings is 1. The van der Waals surface area contributed by atoms with Crippen molar-refractivity contribution in [3.05, 3.63) is 21.4 Å². The Morgan fingerprint density at radius 1 is 1.31 bits per heavy atom. The van der Waals surface area contributed by atoms with Gasteiger partial charge >= 0.3 is 0 Å². The van der Waals surface area contributed by atoms with E-state index in [1.165, 1.54) is 0 Å². The summed E-state index contributed by atoms with van der Waals surface area (Å²) in [7, 11) is 0. The smallest absolute Gasteiger partial charge is 0.173 e. The van der Waals surface area contributed by atoms with Gasteiger partial charge in [-0.05, 0) is 41.6 Å². The molecule has 3 nitrogen and oxygen atoms in total. The lowest BCUT2D eigenvalue weighted by molar-refractivity contribution is 0.402. The number of H-pyrrole nitrogens is 1. The van der Waals surface area contributed by atoms with Gasteiger partial charge in [-0.3, -0.25) is 0 Å². The fraction of sp³-hybridized carbons (Fsp3) is 0.111. The number of phenols is 2. The minimum atomic E-state index is -0.0732. The van der Waals surface area contributed by atoms with Gasteiger partial charge in [0.1, 0.15) is 0 Å². The summed E-state index contributed by atoms with van der Waals surface area (Å²) < 4.78 is 0.653. The van der Waals surface area contributed by atoms with Crippen LogP contribution in [0.1, 0.15) is 5.69 Å². The summed E-state index contributed by atoms with van der Waals surface area (Å²) >= 11 is 2.00. The Balaban J connectivity index is 2.92. The first-order valence-corrected chi connectivity index (χ1v) is 4.87. The van der Waals surface area contributed by atoms with E-state index in [0.29, 0.717) is 3.57 Å². The van der Waals surface area contributed by atoms with Crippen LogP contribution in [0, 0.1) is 10.5 Å². The van der Waals surface area contributed by atoms with Crippen LogP contribution in [0.3, 0.4) is 0 Å². The highest BCUT2D eigenvalue weighted by Crippen LogP contribution is 2.36. The van der Waals surface area contributed by atoms with Crippen molar-refractivity contribution in [3.8, 4) is 11.5 Å². The monoisotopic (exact) mass is 289 g/mol. The topological polar surface area (TPSA) is 56.2 Å². The Kier molecular flexibility index (Phi) is 1.87.